The first-order chi connectivity index (χ1) is 31.5. The highest BCUT2D eigenvalue weighted by molar-refractivity contribution is 7.99. The van der Waals surface area contributed by atoms with Gasteiger partial charge in [-0.2, -0.15) is 11.8 Å². The number of hydrogen-bond acceptors (Lipinski definition) is 9. The van der Waals surface area contributed by atoms with E-state index in [2.05, 4.69) is 0 Å². The molecule has 0 aliphatic rings. The molecule has 13 heteroatoms. The molecule has 0 bridgehead atoms. The van der Waals surface area contributed by atoms with Crippen LogP contribution in [-0.2, 0) is 39.3 Å². The van der Waals surface area contributed by atoms with Gasteiger partial charge in [0.25, 0.3) is 0 Å². The standard InChI is InChI=1S/C54H66O8S5/c1-41(2)33-51(64(55,56)47-21-13-9-14-22-47)37-45(7)39-53(66(59,60)49-25-17-11-18-26-49)35-43(5)29-31-63-32-30-44(6)36-54(67(61,62)50-27-19-12-20-28-50)40-46(8)38-52(34-42(3)4)65(57,58)48-23-15-10-16-24-48/h9-30,33-34,39-40,51-54H,31-32,35-38H2,1-8H3/b43-29+,44-30+,45-39+,46-40+. The molecule has 4 aromatic carbocycles. The molecule has 4 aromatic rings. The van der Waals surface area contributed by atoms with Gasteiger partial charge in [-0.1, -0.05) is 143 Å². The molecule has 0 aliphatic carbocycles. The molecule has 0 aliphatic heterocycles. The van der Waals surface area contributed by atoms with E-state index in [1.165, 1.54) is 0 Å². The lowest BCUT2D eigenvalue weighted by Crippen LogP contribution is -2.23. The van der Waals surface area contributed by atoms with Crippen LogP contribution in [0, 0.1) is 0 Å². The van der Waals surface area contributed by atoms with Crippen molar-refractivity contribution in [3.63, 3.8) is 0 Å². The van der Waals surface area contributed by atoms with Crippen LogP contribution in [0.25, 0.3) is 0 Å². The molecule has 4 atom stereocenters. The summed E-state index contributed by atoms with van der Waals surface area (Å²) in [6.45, 7) is 14.7. The van der Waals surface area contributed by atoms with Crippen LogP contribution in [0.2, 0.25) is 0 Å². The van der Waals surface area contributed by atoms with Crippen LogP contribution in [0.15, 0.2) is 211 Å². The lowest BCUT2D eigenvalue weighted by molar-refractivity contribution is 0.583. The van der Waals surface area contributed by atoms with E-state index in [4.69, 9.17) is 0 Å². The van der Waals surface area contributed by atoms with Crippen molar-refractivity contribution in [2.45, 2.75) is 122 Å². The van der Waals surface area contributed by atoms with E-state index in [1.807, 2.05) is 53.7 Å². The first-order valence-electron chi connectivity index (χ1n) is 22.2. The van der Waals surface area contributed by atoms with Crippen molar-refractivity contribution >= 4 is 51.1 Å². The lowest BCUT2D eigenvalue weighted by Gasteiger charge is -2.19. The molecule has 0 fully saturated rings. The molecule has 0 heterocycles. The second-order valence-electron chi connectivity index (χ2n) is 17.6. The van der Waals surface area contributed by atoms with Crippen LogP contribution < -0.4 is 0 Å². The van der Waals surface area contributed by atoms with Crippen molar-refractivity contribution in [2.75, 3.05) is 11.5 Å². The third-order valence-electron chi connectivity index (χ3n) is 11.1. The zero-order valence-electron chi connectivity index (χ0n) is 39.9. The number of benzene rings is 4. The topological polar surface area (TPSA) is 137 Å². The van der Waals surface area contributed by atoms with Crippen LogP contribution in [0.5, 0.6) is 0 Å². The molecule has 0 saturated heterocycles. The Kier molecular flexibility index (Phi) is 20.7. The fraction of sp³-hybridized carbons (Fsp3) is 0.333. The number of sulfone groups is 4. The Labute approximate surface area is 406 Å². The maximum atomic E-state index is 14.2. The fourth-order valence-electron chi connectivity index (χ4n) is 7.59. The third-order valence-corrected chi connectivity index (χ3v) is 20.0. The second kappa shape index (κ2) is 25.2. The summed E-state index contributed by atoms with van der Waals surface area (Å²) in [5, 5.41) is -3.64. The highest BCUT2D eigenvalue weighted by Gasteiger charge is 2.31. The summed E-state index contributed by atoms with van der Waals surface area (Å²) >= 11 is 1.60. The highest BCUT2D eigenvalue weighted by Crippen LogP contribution is 2.30. The second-order valence-corrected chi connectivity index (χ2v) is 27.3. The molecule has 4 unspecified atom stereocenters. The summed E-state index contributed by atoms with van der Waals surface area (Å²) in [7, 11) is -15.2. The van der Waals surface area contributed by atoms with Gasteiger partial charge >= 0.3 is 0 Å². The monoisotopic (exact) mass is 1000 g/mol. The van der Waals surface area contributed by atoms with Gasteiger partial charge < -0.3 is 0 Å². The van der Waals surface area contributed by atoms with Crippen LogP contribution in [0.3, 0.4) is 0 Å². The van der Waals surface area contributed by atoms with Crippen molar-refractivity contribution in [3.8, 4) is 0 Å². The fourth-order valence-corrected chi connectivity index (χ4v) is 15.7. The highest BCUT2D eigenvalue weighted by atomic mass is 32.2. The lowest BCUT2D eigenvalue weighted by atomic mass is 10.1. The predicted octanol–water partition coefficient (Wildman–Crippen LogP) is 12.4. The van der Waals surface area contributed by atoms with E-state index in [0.717, 1.165) is 22.3 Å². The summed E-state index contributed by atoms with van der Waals surface area (Å²) in [4.78, 5) is 0.795. The minimum Gasteiger partial charge on any atom is -0.223 e. The number of hydrogen-bond donors (Lipinski definition) is 0. The van der Waals surface area contributed by atoms with Gasteiger partial charge in [0.1, 0.15) is 0 Å². The van der Waals surface area contributed by atoms with Gasteiger partial charge in [0.05, 0.1) is 40.6 Å². The Morgan fingerprint density at radius 2 is 0.582 bits per heavy atom. The quantitative estimate of drug-likeness (QED) is 0.0496. The van der Waals surface area contributed by atoms with Gasteiger partial charge in [-0.05, 0) is 130 Å². The van der Waals surface area contributed by atoms with E-state index < -0.39 is 60.3 Å². The normalized spacial score (nSPS) is 15.3. The third kappa shape index (κ3) is 16.3. The van der Waals surface area contributed by atoms with Crippen molar-refractivity contribution < 1.29 is 33.7 Å². The molecule has 0 spiro atoms. The van der Waals surface area contributed by atoms with Gasteiger partial charge in [-0.3, -0.25) is 0 Å². The Bertz CT molecular complexity index is 2690. The van der Waals surface area contributed by atoms with Gasteiger partial charge in [-0.15, -0.1) is 0 Å². The molecular weight excluding hydrogens is 937 g/mol. The maximum absolute atomic E-state index is 14.2. The number of rotatable bonds is 24. The van der Waals surface area contributed by atoms with Gasteiger partial charge in [0, 0.05) is 11.5 Å². The van der Waals surface area contributed by atoms with Crippen LogP contribution >= 0.6 is 11.8 Å². The van der Waals surface area contributed by atoms with Crippen molar-refractivity contribution in [1.29, 1.82) is 0 Å². The van der Waals surface area contributed by atoms with E-state index in [1.54, 1.807) is 171 Å². The molecule has 0 N–H and O–H groups in total. The van der Waals surface area contributed by atoms with E-state index in [0.29, 0.717) is 22.7 Å². The molecule has 0 radical (unpaired) electrons. The molecule has 8 nitrogen and oxygen atoms in total. The molecule has 0 amide bonds. The van der Waals surface area contributed by atoms with Gasteiger partial charge in [-0.25, -0.2) is 33.7 Å². The summed E-state index contributed by atoms with van der Waals surface area (Å²) in [5.74, 6) is 1.14. The van der Waals surface area contributed by atoms with Crippen LogP contribution in [-0.4, -0.2) is 66.2 Å². The predicted molar refractivity (Wildman–Crippen MR) is 279 cm³/mol. The minimum absolute atomic E-state index is 0.128. The largest absolute Gasteiger partial charge is 0.223 e. The smallest absolute Gasteiger partial charge is 0.185 e. The van der Waals surface area contributed by atoms with Crippen LogP contribution in [0.1, 0.15) is 81.1 Å². The summed E-state index contributed by atoms with van der Waals surface area (Å²) < 4.78 is 112. The molecule has 67 heavy (non-hydrogen) atoms. The Balaban J connectivity index is 1.54. The van der Waals surface area contributed by atoms with Crippen molar-refractivity contribution in [1.82, 2.24) is 0 Å². The summed E-state index contributed by atoms with van der Waals surface area (Å²) in [5.41, 5.74) is 4.70. The molecule has 360 valence electrons. The minimum atomic E-state index is -3.85. The summed E-state index contributed by atoms with van der Waals surface area (Å²) in [6, 6.07) is 33.1. The van der Waals surface area contributed by atoms with E-state index in [9.17, 15) is 33.7 Å². The number of thioether (sulfide) groups is 1. The first-order valence-corrected chi connectivity index (χ1v) is 29.6. The zero-order valence-corrected chi connectivity index (χ0v) is 44.0. The molecule has 0 aromatic heterocycles. The van der Waals surface area contributed by atoms with Gasteiger partial charge in [0.2, 0.25) is 0 Å². The van der Waals surface area contributed by atoms with E-state index >= 15 is 0 Å². The molecular formula is C54H66O8S5. The summed E-state index contributed by atoms with van der Waals surface area (Å²) in [6.07, 6.45) is 11.5. The first kappa shape index (κ1) is 55.1. The average molecular weight is 1000 g/mol. The Hall–Kier alpha value is -4.53. The van der Waals surface area contributed by atoms with Gasteiger partial charge in [0.15, 0.2) is 39.3 Å². The van der Waals surface area contributed by atoms with Crippen LogP contribution in [0.4, 0.5) is 0 Å². The molecule has 0 saturated carbocycles. The SMILES string of the molecule is CC(C)=CC(C/C(C)=C/C(C/C(C)=C/CSC/C=C(\C)CC(/C=C(\C)CC(C=C(C)C)S(=O)(=O)c1ccccc1)S(=O)(=O)c1ccccc1)S(=O)(=O)c1ccccc1)S(=O)(=O)c1ccccc1. The Morgan fingerprint density at radius 1 is 0.358 bits per heavy atom. The average Bonchev–Trinajstić information content (AvgIpc) is 3.28. The van der Waals surface area contributed by atoms with E-state index in [-0.39, 0.29) is 45.3 Å². The zero-order chi connectivity index (χ0) is 49.4. The Morgan fingerprint density at radius 3 is 0.821 bits per heavy atom. The van der Waals surface area contributed by atoms with Crippen molar-refractivity contribution in [2.24, 2.45) is 0 Å². The maximum Gasteiger partial charge on any atom is 0.185 e. The van der Waals surface area contributed by atoms with Crippen molar-refractivity contribution in [3.05, 3.63) is 191 Å². The molecule has 4 rings (SSSR count). The number of allylic oxidation sites excluding steroid dienone is 6.